The molecule has 19 heavy (non-hydrogen) atoms. The van der Waals surface area contributed by atoms with Crippen LogP contribution in [0, 0.1) is 17.8 Å². The van der Waals surface area contributed by atoms with Crippen LogP contribution in [0.3, 0.4) is 0 Å². The minimum Gasteiger partial charge on any atom is -0.390 e. The van der Waals surface area contributed by atoms with Gasteiger partial charge >= 0.3 is 0 Å². The fourth-order valence-electron chi connectivity index (χ4n) is 5.09. The van der Waals surface area contributed by atoms with Crippen molar-refractivity contribution in [3.8, 4) is 0 Å². The second-order valence-electron chi connectivity index (χ2n) is 7.56. The Morgan fingerprint density at radius 3 is 2.74 bits per heavy atom. The largest absolute Gasteiger partial charge is 0.390 e. The van der Waals surface area contributed by atoms with E-state index in [1.165, 1.54) is 51.6 Å². The lowest BCUT2D eigenvalue weighted by Gasteiger charge is -2.33. The molecule has 0 spiro atoms. The maximum absolute atomic E-state index is 11.0. The lowest BCUT2D eigenvalue weighted by molar-refractivity contribution is -0.00580. The molecule has 0 aromatic heterocycles. The van der Waals surface area contributed by atoms with Gasteiger partial charge in [0.1, 0.15) is 0 Å². The van der Waals surface area contributed by atoms with Crippen molar-refractivity contribution in [2.24, 2.45) is 17.8 Å². The van der Waals surface area contributed by atoms with Crippen LogP contribution in [-0.4, -0.2) is 35.2 Å². The summed E-state index contributed by atoms with van der Waals surface area (Å²) in [6, 6.07) is 0. The van der Waals surface area contributed by atoms with E-state index in [1.54, 1.807) is 0 Å². The molecule has 2 bridgehead atoms. The van der Waals surface area contributed by atoms with Crippen molar-refractivity contribution in [1.29, 1.82) is 0 Å². The second kappa shape index (κ2) is 5.73. The third-order valence-corrected chi connectivity index (χ3v) is 6.08. The quantitative estimate of drug-likeness (QED) is 0.841. The van der Waals surface area contributed by atoms with Crippen LogP contribution in [0.4, 0.5) is 0 Å². The first kappa shape index (κ1) is 13.9. The minimum absolute atomic E-state index is 0.336. The molecule has 4 atom stereocenters. The van der Waals surface area contributed by atoms with E-state index >= 15 is 0 Å². The molecule has 1 aliphatic heterocycles. The number of rotatable bonds is 4. The van der Waals surface area contributed by atoms with E-state index in [0.717, 1.165) is 43.6 Å². The fraction of sp³-hybridized carbons (Fsp3) is 1.00. The summed E-state index contributed by atoms with van der Waals surface area (Å²) in [4.78, 5) is 2.55. The van der Waals surface area contributed by atoms with Crippen LogP contribution in [0.25, 0.3) is 0 Å². The molecule has 1 heterocycles. The standard InChI is InChI=1S/C17H31NO/c1-2-8-18-9-3-6-17(19,7-10-18)13-16-12-14-4-5-15(16)11-14/h14-16,19H,2-13H2,1H3. The Labute approximate surface area is 118 Å². The van der Waals surface area contributed by atoms with E-state index in [2.05, 4.69) is 11.8 Å². The SMILES string of the molecule is CCCN1CCCC(O)(CC2CC3CCC2C3)CC1. The van der Waals surface area contributed by atoms with E-state index in [0.29, 0.717) is 0 Å². The Balaban J connectivity index is 1.54. The maximum Gasteiger partial charge on any atom is 0.0663 e. The Morgan fingerprint density at radius 2 is 2.05 bits per heavy atom. The lowest BCUT2D eigenvalue weighted by Crippen LogP contribution is -2.34. The molecule has 2 nitrogen and oxygen atoms in total. The van der Waals surface area contributed by atoms with Gasteiger partial charge in [0, 0.05) is 6.54 Å². The smallest absolute Gasteiger partial charge is 0.0663 e. The van der Waals surface area contributed by atoms with Crippen molar-refractivity contribution < 1.29 is 5.11 Å². The van der Waals surface area contributed by atoms with Crippen molar-refractivity contribution in [1.82, 2.24) is 4.90 Å². The molecule has 110 valence electrons. The van der Waals surface area contributed by atoms with Gasteiger partial charge in [-0.15, -0.1) is 0 Å². The summed E-state index contributed by atoms with van der Waals surface area (Å²) in [5.41, 5.74) is -0.336. The van der Waals surface area contributed by atoms with Crippen LogP contribution in [0.5, 0.6) is 0 Å². The van der Waals surface area contributed by atoms with E-state index in [1.807, 2.05) is 0 Å². The fourth-order valence-corrected chi connectivity index (χ4v) is 5.09. The summed E-state index contributed by atoms with van der Waals surface area (Å²) in [5.74, 6) is 2.83. The van der Waals surface area contributed by atoms with Gasteiger partial charge in [-0.1, -0.05) is 13.3 Å². The van der Waals surface area contributed by atoms with Gasteiger partial charge in [0.15, 0.2) is 0 Å². The van der Waals surface area contributed by atoms with Gasteiger partial charge in [-0.2, -0.15) is 0 Å². The molecule has 3 fully saturated rings. The summed E-state index contributed by atoms with van der Waals surface area (Å²) in [6.45, 7) is 5.79. The molecule has 0 aromatic carbocycles. The zero-order valence-corrected chi connectivity index (χ0v) is 12.6. The third kappa shape index (κ3) is 3.16. The summed E-state index contributed by atoms with van der Waals surface area (Å²) in [5, 5.41) is 11.0. The number of hydrogen-bond donors (Lipinski definition) is 1. The van der Waals surface area contributed by atoms with Crippen LogP contribution in [-0.2, 0) is 0 Å². The first-order valence-corrected chi connectivity index (χ1v) is 8.63. The zero-order valence-electron chi connectivity index (χ0n) is 12.6. The lowest BCUT2D eigenvalue weighted by atomic mass is 9.77. The number of hydrogen-bond acceptors (Lipinski definition) is 2. The molecular formula is C17H31NO. The van der Waals surface area contributed by atoms with Crippen molar-refractivity contribution >= 4 is 0 Å². The Morgan fingerprint density at radius 1 is 1.16 bits per heavy atom. The number of likely N-dealkylation sites (tertiary alicyclic amines) is 1. The van der Waals surface area contributed by atoms with Gasteiger partial charge in [0.2, 0.25) is 0 Å². The van der Waals surface area contributed by atoms with Gasteiger partial charge < -0.3 is 10.0 Å². The molecule has 3 aliphatic rings. The van der Waals surface area contributed by atoms with Gasteiger partial charge in [-0.05, 0) is 82.2 Å². The molecule has 4 unspecified atom stereocenters. The number of fused-ring (bicyclic) bond motifs is 2. The predicted octanol–water partition coefficient (Wildman–Crippen LogP) is 3.44. The minimum atomic E-state index is -0.336. The van der Waals surface area contributed by atoms with Crippen molar-refractivity contribution in [2.75, 3.05) is 19.6 Å². The number of aliphatic hydroxyl groups is 1. The first-order valence-electron chi connectivity index (χ1n) is 8.63. The summed E-state index contributed by atoms with van der Waals surface area (Å²) < 4.78 is 0. The molecule has 2 saturated carbocycles. The Kier molecular flexibility index (Phi) is 4.19. The highest BCUT2D eigenvalue weighted by Crippen LogP contribution is 2.51. The molecule has 1 saturated heterocycles. The van der Waals surface area contributed by atoms with Gasteiger partial charge in [-0.25, -0.2) is 0 Å². The predicted molar refractivity (Wildman–Crippen MR) is 79.1 cm³/mol. The van der Waals surface area contributed by atoms with Crippen LogP contribution in [0.2, 0.25) is 0 Å². The normalized spacial score (nSPS) is 43.6. The third-order valence-electron chi connectivity index (χ3n) is 6.08. The van der Waals surface area contributed by atoms with Gasteiger partial charge in [-0.3, -0.25) is 0 Å². The van der Waals surface area contributed by atoms with Crippen molar-refractivity contribution in [3.63, 3.8) is 0 Å². The molecule has 2 heteroatoms. The van der Waals surface area contributed by atoms with Gasteiger partial charge in [0.05, 0.1) is 5.60 Å². The second-order valence-corrected chi connectivity index (χ2v) is 7.56. The molecular weight excluding hydrogens is 234 g/mol. The highest BCUT2D eigenvalue weighted by molar-refractivity contribution is 4.95. The van der Waals surface area contributed by atoms with E-state index in [-0.39, 0.29) is 5.60 Å². The Bertz CT molecular complexity index is 306. The first-order chi connectivity index (χ1) is 9.18. The van der Waals surface area contributed by atoms with Gasteiger partial charge in [0.25, 0.3) is 0 Å². The molecule has 1 N–H and O–H groups in total. The average molecular weight is 265 g/mol. The van der Waals surface area contributed by atoms with E-state index in [9.17, 15) is 5.11 Å². The topological polar surface area (TPSA) is 23.5 Å². The maximum atomic E-state index is 11.0. The summed E-state index contributed by atoms with van der Waals surface area (Å²) >= 11 is 0. The van der Waals surface area contributed by atoms with Crippen molar-refractivity contribution in [2.45, 2.75) is 70.3 Å². The van der Waals surface area contributed by atoms with Crippen LogP contribution >= 0.6 is 0 Å². The van der Waals surface area contributed by atoms with E-state index < -0.39 is 0 Å². The van der Waals surface area contributed by atoms with E-state index in [4.69, 9.17) is 0 Å². The molecule has 0 radical (unpaired) electrons. The monoisotopic (exact) mass is 265 g/mol. The van der Waals surface area contributed by atoms with Crippen LogP contribution in [0.1, 0.15) is 64.7 Å². The average Bonchev–Trinajstić information content (AvgIpc) is 2.93. The summed E-state index contributed by atoms with van der Waals surface area (Å²) in [7, 11) is 0. The van der Waals surface area contributed by atoms with Crippen LogP contribution < -0.4 is 0 Å². The molecule has 0 aromatic rings. The van der Waals surface area contributed by atoms with Crippen molar-refractivity contribution in [3.05, 3.63) is 0 Å². The summed E-state index contributed by atoms with van der Waals surface area (Å²) in [6.07, 6.45) is 11.4. The Hall–Kier alpha value is -0.0800. The molecule has 3 rings (SSSR count). The highest BCUT2D eigenvalue weighted by Gasteiger charge is 2.43. The molecule has 2 aliphatic carbocycles. The van der Waals surface area contributed by atoms with Crippen LogP contribution in [0.15, 0.2) is 0 Å². The highest BCUT2D eigenvalue weighted by atomic mass is 16.3. The zero-order chi connectivity index (χ0) is 13.3. The molecule has 0 amide bonds. The number of nitrogens with zero attached hydrogens (tertiary/aromatic N) is 1.